The van der Waals surface area contributed by atoms with Gasteiger partial charge in [0.1, 0.15) is 0 Å². The van der Waals surface area contributed by atoms with Crippen LogP contribution in [0.15, 0.2) is 60.7 Å². The van der Waals surface area contributed by atoms with Gasteiger partial charge >= 0.3 is 0 Å². The van der Waals surface area contributed by atoms with E-state index in [4.69, 9.17) is 0 Å². The number of aryl methyl sites for hydroxylation is 1. The predicted molar refractivity (Wildman–Crippen MR) is 81.2 cm³/mol. The summed E-state index contributed by atoms with van der Waals surface area (Å²) in [5.41, 5.74) is 6.72. The lowest BCUT2D eigenvalue weighted by Crippen LogP contribution is -1.98. The minimum atomic E-state index is 0.261. The average molecular weight is 258 g/mol. The Balaban J connectivity index is 2.11. The number of benzene rings is 1. The first-order valence-corrected chi connectivity index (χ1v) is 6.98. The van der Waals surface area contributed by atoms with Crippen molar-refractivity contribution in [3.05, 3.63) is 71.8 Å². The lowest BCUT2D eigenvalue weighted by atomic mass is 10.00. The molecular formula is C19H14O. The molecule has 3 aliphatic carbocycles. The Morgan fingerprint density at radius 2 is 1.45 bits per heavy atom. The van der Waals surface area contributed by atoms with Gasteiger partial charge in [0.2, 0.25) is 0 Å². The maximum atomic E-state index is 12.6. The van der Waals surface area contributed by atoms with Crippen molar-refractivity contribution < 1.29 is 4.79 Å². The van der Waals surface area contributed by atoms with Gasteiger partial charge in [-0.15, -0.1) is 0 Å². The Hall–Kier alpha value is -2.41. The standard InChI is InChI=1S/C19H14O/c20-18-11-10-13-6-4-5-8-15(13)17-12-14-7-2-1-3-9-16(14)19(17)18/h1-9,12H,10-11H2. The zero-order chi connectivity index (χ0) is 13.5. The highest BCUT2D eigenvalue weighted by molar-refractivity contribution is 6.11. The van der Waals surface area contributed by atoms with Gasteiger partial charge in [-0.3, -0.25) is 4.79 Å². The first-order chi connectivity index (χ1) is 9.84. The minimum Gasteiger partial charge on any atom is -0.294 e. The molecule has 1 aromatic rings. The summed E-state index contributed by atoms with van der Waals surface area (Å²) in [5.74, 6) is 0.261. The fraction of sp³-hybridized carbons (Fsp3) is 0.105. The third kappa shape index (κ3) is 1.60. The molecule has 4 rings (SSSR count). The molecule has 0 fully saturated rings. The van der Waals surface area contributed by atoms with E-state index in [0.29, 0.717) is 6.42 Å². The molecular weight excluding hydrogens is 244 g/mol. The monoisotopic (exact) mass is 258 g/mol. The number of carbonyl (C=O) groups is 1. The van der Waals surface area contributed by atoms with Crippen molar-refractivity contribution in [3.63, 3.8) is 0 Å². The fourth-order valence-corrected chi connectivity index (χ4v) is 3.17. The van der Waals surface area contributed by atoms with Gasteiger partial charge in [-0.25, -0.2) is 0 Å². The normalized spacial score (nSPS) is 13.7. The van der Waals surface area contributed by atoms with Crippen LogP contribution in [0, 0.1) is 0 Å². The van der Waals surface area contributed by atoms with Gasteiger partial charge in [-0.1, -0.05) is 54.6 Å². The highest BCUT2D eigenvalue weighted by Crippen LogP contribution is 2.41. The van der Waals surface area contributed by atoms with Crippen molar-refractivity contribution in [1.82, 2.24) is 0 Å². The molecule has 0 N–H and O–H groups in total. The largest absolute Gasteiger partial charge is 0.294 e. The fourth-order valence-electron chi connectivity index (χ4n) is 3.17. The molecule has 1 heteroatoms. The van der Waals surface area contributed by atoms with E-state index in [1.54, 1.807) is 0 Å². The smallest absolute Gasteiger partial charge is 0.164 e. The molecule has 0 atom stereocenters. The van der Waals surface area contributed by atoms with Crippen molar-refractivity contribution in [2.45, 2.75) is 12.8 Å². The van der Waals surface area contributed by atoms with Crippen molar-refractivity contribution in [3.8, 4) is 22.3 Å². The zero-order valence-electron chi connectivity index (χ0n) is 11.1. The second-order valence-corrected chi connectivity index (χ2v) is 5.29. The lowest BCUT2D eigenvalue weighted by molar-refractivity contribution is 0.0985. The number of rotatable bonds is 0. The molecule has 0 aromatic heterocycles. The summed E-state index contributed by atoms with van der Waals surface area (Å²) in [4.78, 5) is 12.6. The van der Waals surface area contributed by atoms with Crippen LogP contribution in [0.3, 0.4) is 0 Å². The maximum Gasteiger partial charge on any atom is 0.164 e. The molecule has 0 unspecified atom stereocenters. The Morgan fingerprint density at radius 1 is 0.700 bits per heavy atom. The number of Topliss-reactive ketones (excluding diaryl/α,β-unsaturated/α-hetero) is 1. The van der Waals surface area contributed by atoms with Crippen molar-refractivity contribution in [2.75, 3.05) is 0 Å². The Labute approximate surface area is 118 Å². The maximum absolute atomic E-state index is 12.6. The summed E-state index contributed by atoms with van der Waals surface area (Å²) in [5, 5.41) is 0. The van der Waals surface area contributed by atoms with E-state index in [9.17, 15) is 4.79 Å². The Morgan fingerprint density at radius 3 is 2.40 bits per heavy atom. The van der Waals surface area contributed by atoms with Crippen LogP contribution in [-0.4, -0.2) is 5.78 Å². The van der Waals surface area contributed by atoms with Crippen LogP contribution < -0.4 is 0 Å². The van der Waals surface area contributed by atoms with Gasteiger partial charge in [-0.2, -0.15) is 0 Å². The molecule has 20 heavy (non-hydrogen) atoms. The molecule has 1 aromatic carbocycles. The van der Waals surface area contributed by atoms with Gasteiger partial charge in [-0.05, 0) is 40.3 Å². The summed E-state index contributed by atoms with van der Waals surface area (Å²) in [6.45, 7) is 0. The molecule has 0 radical (unpaired) electrons. The van der Waals surface area contributed by atoms with Crippen molar-refractivity contribution in [1.29, 1.82) is 0 Å². The topological polar surface area (TPSA) is 17.1 Å². The molecule has 0 heterocycles. The van der Waals surface area contributed by atoms with E-state index in [-0.39, 0.29) is 5.78 Å². The molecule has 0 bridgehead atoms. The zero-order valence-corrected chi connectivity index (χ0v) is 11.1. The van der Waals surface area contributed by atoms with Gasteiger partial charge in [0.25, 0.3) is 0 Å². The van der Waals surface area contributed by atoms with Crippen LogP contribution in [0.5, 0.6) is 0 Å². The van der Waals surface area contributed by atoms with Gasteiger partial charge in [0.15, 0.2) is 5.78 Å². The number of hydrogen-bond donors (Lipinski definition) is 0. The average Bonchev–Trinajstić information content (AvgIpc) is 2.61. The number of ketones is 1. The first-order valence-electron chi connectivity index (χ1n) is 6.98. The summed E-state index contributed by atoms with van der Waals surface area (Å²) in [7, 11) is 0. The van der Waals surface area contributed by atoms with Gasteiger partial charge in [0, 0.05) is 12.0 Å². The number of hydrogen-bond acceptors (Lipinski definition) is 1. The summed E-state index contributed by atoms with van der Waals surface area (Å²) in [6.07, 6.45) is 1.44. The molecule has 0 saturated carbocycles. The summed E-state index contributed by atoms with van der Waals surface area (Å²) >= 11 is 0. The molecule has 0 amide bonds. The van der Waals surface area contributed by atoms with E-state index >= 15 is 0 Å². The third-order valence-corrected chi connectivity index (χ3v) is 4.12. The molecule has 0 aliphatic heterocycles. The van der Waals surface area contributed by atoms with E-state index in [1.807, 2.05) is 18.2 Å². The summed E-state index contributed by atoms with van der Waals surface area (Å²) in [6, 6.07) is 20.7. The molecule has 0 saturated heterocycles. The molecule has 96 valence electrons. The Bertz CT molecular complexity index is 785. The van der Waals surface area contributed by atoms with E-state index in [2.05, 4.69) is 42.5 Å². The SMILES string of the molecule is O=C1CCc2ccccc2-c2cc3cccccc-3c21. The van der Waals surface area contributed by atoms with Crippen LogP contribution in [0.1, 0.15) is 22.3 Å². The van der Waals surface area contributed by atoms with E-state index in [0.717, 1.165) is 28.7 Å². The van der Waals surface area contributed by atoms with Crippen LogP contribution in [-0.2, 0) is 6.42 Å². The predicted octanol–water partition coefficient (Wildman–Crippen LogP) is 4.59. The summed E-state index contributed by atoms with van der Waals surface area (Å²) < 4.78 is 0. The van der Waals surface area contributed by atoms with Crippen LogP contribution >= 0.6 is 0 Å². The highest BCUT2D eigenvalue weighted by atomic mass is 16.1. The second kappa shape index (κ2) is 4.31. The second-order valence-electron chi connectivity index (χ2n) is 5.29. The van der Waals surface area contributed by atoms with E-state index in [1.165, 1.54) is 11.1 Å². The third-order valence-electron chi connectivity index (χ3n) is 4.12. The molecule has 3 aliphatic rings. The van der Waals surface area contributed by atoms with Crippen molar-refractivity contribution >= 4 is 5.78 Å². The quantitative estimate of drug-likeness (QED) is 0.576. The van der Waals surface area contributed by atoms with Gasteiger partial charge in [0.05, 0.1) is 0 Å². The lowest BCUT2D eigenvalue weighted by Gasteiger charge is -2.04. The van der Waals surface area contributed by atoms with Crippen molar-refractivity contribution in [2.24, 2.45) is 0 Å². The minimum absolute atomic E-state index is 0.261. The number of carbonyl (C=O) groups excluding carboxylic acids is 1. The Kier molecular flexibility index (Phi) is 2.46. The van der Waals surface area contributed by atoms with Gasteiger partial charge < -0.3 is 0 Å². The van der Waals surface area contributed by atoms with Crippen LogP contribution in [0.2, 0.25) is 0 Å². The highest BCUT2D eigenvalue weighted by Gasteiger charge is 2.25. The van der Waals surface area contributed by atoms with Crippen LogP contribution in [0.25, 0.3) is 22.3 Å². The van der Waals surface area contributed by atoms with E-state index < -0.39 is 0 Å². The molecule has 1 nitrogen and oxygen atoms in total. The first kappa shape index (κ1) is 11.4. The molecule has 0 spiro atoms. The number of fused-ring (bicyclic) bond motifs is 5. The van der Waals surface area contributed by atoms with Crippen LogP contribution in [0.4, 0.5) is 0 Å².